The van der Waals surface area contributed by atoms with E-state index in [2.05, 4.69) is 0 Å². The first kappa shape index (κ1) is 15.2. The first-order valence-electron chi connectivity index (χ1n) is 5.71. The number of hydrogen-bond acceptors (Lipinski definition) is 2. The highest BCUT2D eigenvalue weighted by molar-refractivity contribution is 5.97. The van der Waals surface area contributed by atoms with Gasteiger partial charge in [-0.3, -0.25) is 9.59 Å². The molecule has 0 fully saturated rings. The molecular weight excluding hydrogens is 259 g/mol. The lowest BCUT2D eigenvalue weighted by atomic mass is 10.1. The molecule has 0 bridgehead atoms. The van der Waals surface area contributed by atoms with Gasteiger partial charge in [-0.05, 0) is 6.92 Å². The van der Waals surface area contributed by atoms with Crippen LogP contribution in [0.1, 0.15) is 28.8 Å². The lowest BCUT2D eigenvalue weighted by Gasteiger charge is -2.08. The summed E-state index contributed by atoms with van der Waals surface area (Å²) in [7, 11) is 0. The number of nitrogens with one attached hydrogen (secondary N) is 1. The van der Waals surface area contributed by atoms with Gasteiger partial charge in [0.2, 0.25) is 5.91 Å². The van der Waals surface area contributed by atoms with E-state index in [1.54, 1.807) is 29.6 Å². The van der Waals surface area contributed by atoms with Crippen LogP contribution >= 0.6 is 0 Å². The number of halogens is 3. The summed E-state index contributed by atoms with van der Waals surface area (Å²) in [6.07, 6.45) is -4.79. The Morgan fingerprint density at radius 2 is 1.68 bits per heavy atom. The van der Waals surface area contributed by atoms with E-state index in [1.807, 2.05) is 6.92 Å². The minimum atomic E-state index is -4.43. The van der Waals surface area contributed by atoms with Crippen molar-refractivity contribution in [3.63, 3.8) is 0 Å². The molecular formula is C13H14F3NO2. The minimum Gasteiger partial charge on any atom is -0.347 e. The van der Waals surface area contributed by atoms with Crippen molar-refractivity contribution in [2.45, 2.75) is 25.9 Å². The zero-order chi connectivity index (χ0) is 14.5. The maximum atomic E-state index is 11.8. The van der Waals surface area contributed by atoms with Gasteiger partial charge in [-0.15, -0.1) is 0 Å². The molecule has 0 spiro atoms. The van der Waals surface area contributed by atoms with Crippen LogP contribution in [0.25, 0.3) is 0 Å². The van der Waals surface area contributed by atoms with Gasteiger partial charge in [0.1, 0.15) is 6.54 Å². The molecule has 0 saturated heterocycles. The van der Waals surface area contributed by atoms with Crippen molar-refractivity contribution in [1.82, 2.24) is 5.32 Å². The number of Topliss-reactive ketones (excluding diaryl/α,β-unsaturated/α-hetero) is 1. The standard InChI is InChI=1S/C13H14F3NO2/c1-9-2-4-10(5-3-9)11(18)6-7-12(19)17-8-13(14,15)16/h2-5H,6-8H2,1H3,(H,17,19). The van der Waals surface area contributed by atoms with Crippen LogP contribution in [0.2, 0.25) is 0 Å². The first-order chi connectivity index (χ1) is 8.78. The number of carbonyl (C=O) groups is 2. The van der Waals surface area contributed by atoms with Crippen LogP contribution in [-0.4, -0.2) is 24.4 Å². The molecule has 1 rings (SSSR count). The molecule has 0 aromatic heterocycles. The van der Waals surface area contributed by atoms with E-state index in [9.17, 15) is 22.8 Å². The van der Waals surface area contributed by atoms with Gasteiger partial charge in [0.05, 0.1) is 0 Å². The molecule has 104 valence electrons. The third-order valence-electron chi connectivity index (χ3n) is 2.44. The van der Waals surface area contributed by atoms with E-state index in [-0.39, 0.29) is 18.6 Å². The van der Waals surface area contributed by atoms with E-state index >= 15 is 0 Å². The van der Waals surface area contributed by atoms with Gasteiger partial charge in [0, 0.05) is 18.4 Å². The summed E-state index contributed by atoms with van der Waals surface area (Å²) in [5.41, 5.74) is 1.45. The monoisotopic (exact) mass is 273 g/mol. The van der Waals surface area contributed by atoms with Gasteiger partial charge in [-0.1, -0.05) is 29.8 Å². The molecule has 0 aliphatic rings. The molecule has 19 heavy (non-hydrogen) atoms. The van der Waals surface area contributed by atoms with Gasteiger partial charge < -0.3 is 5.32 Å². The molecule has 0 saturated carbocycles. The third kappa shape index (κ3) is 6.03. The van der Waals surface area contributed by atoms with Crippen LogP contribution < -0.4 is 5.32 Å². The number of alkyl halides is 3. The van der Waals surface area contributed by atoms with Crippen molar-refractivity contribution in [1.29, 1.82) is 0 Å². The molecule has 1 N–H and O–H groups in total. The van der Waals surface area contributed by atoms with Crippen LogP contribution in [0, 0.1) is 6.92 Å². The van der Waals surface area contributed by atoms with Gasteiger partial charge in [-0.25, -0.2) is 0 Å². The second kappa shape index (κ2) is 6.36. The van der Waals surface area contributed by atoms with Crippen LogP contribution in [0.5, 0.6) is 0 Å². The number of amides is 1. The first-order valence-corrected chi connectivity index (χ1v) is 5.71. The van der Waals surface area contributed by atoms with Crippen LogP contribution in [0.15, 0.2) is 24.3 Å². The number of ketones is 1. The molecule has 0 unspecified atom stereocenters. The Morgan fingerprint density at radius 1 is 1.11 bits per heavy atom. The summed E-state index contributed by atoms with van der Waals surface area (Å²) in [5, 5.41) is 1.72. The van der Waals surface area contributed by atoms with E-state index < -0.39 is 18.6 Å². The van der Waals surface area contributed by atoms with Crippen molar-refractivity contribution < 1.29 is 22.8 Å². The second-order valence-electron chi connectivity index (χ2n) is 4.18. The zero-order valence-electron chi connectivity index (χ0n) is 10.4. The van der Waals surface area contributed by atoms with Gasteiger partial charge in [0.15, 0.2) is 5.78 Å². The van der Waals surface area contributed by atoms with E-state index in [1.165, 1.54) is 0 Å². The van der Waals surface area contributed by atoms with E-state index in [0.717, 1.165) is 5.56 Å². The van der Waals surface area contributed by atoms with Crippen molar-refractivity contribution in [3.05, 3.63) is 35.4 Å². The highest BCUT2D eigenvalue weighted by Gasteiger charge is 2.27. The van der Waals surface area contributed by atoms with Gasteiger partial charge in [-0.2, -0.15) is 13.2 Å². The number of hydrogen-bond donors (Lipinski definition) is 1. The topological polar surface area (TPSA) is 46.2 Å². The zero-order valence-corrected chi connectivity index (χ0v) is 10.4. The smallest absolute Gasteiger partial charge is 0.347 e. The normalized spacial score (nSPS) is 11.2. The van der Waals surface area contributed by atoms with Gasteiger partial charge in [0.25, 0.3) is 0 Å². The molecule has 0 heterocycles. The SMILES string of the molecule is Cc1ccc(C(=O)CCC(=O)NCC(F)(F)F)cc1. The largest absolute Gasteiger partial charge is 0.405 e. The van der Waals surface area contributed by atoms with Crippen LogP contribution in [0.4, 0.5) is 13.2 Å². The predicted molar refractivity (Wildman–Crippen MR) is 63.8 cm³/mol. The fourth-order valence-corrected chi connectivity index (χ4v) is 1.40. The average molecular weight is 273 g/mol. The summed E-state index contributed by atoms with van der Waals surface area (Å²) >= 11 is 0. The fourth-order valence-electron chi connectivity index (χ4n) is 1.40. The van der Waals surface area contributed by atoms with E-state index in [4.69, 9.17) is 0 Å². The van der Waals surface area contributed by atoms with E-state index in [0.29, 0.717) is 5.56 Å². The Hall–Kier alpha value is -1.85. The maximum absolute atomic E-state index is 11.8. The van der Waals surface area contributed by atoms with Crippen molar-refractivity contribution in [3.8, 4) is 0 Å². The van der Waals surface area contributed by atoms with Crippen molar-refractivity contribution in [2.24, 2.45) is 0 Å². The molecule has 0 atom stereocenters. The predicted octanol–water partition coefficient (Wildman–Crippen LogP) is 2.64. The highest BCUT2D eigenvalue weighted by Crippen LogP contribution is 2.12. The lowest BCUT2D eigenvalue weighted by Crippen LogP contribution is -2.33. The van der Waals surface area contributed by atoms with Crippen molar-refractivity contribution >= 4 is 11.7 Å². The molecule has 6 heteroatoms. The Bertz CT molecular complexity index is 452. The minimum absolute atomic E-state index is 0.104. The molecule has 1 aromatic carbocycles. The molecule has 0 aliphatic heterocycles. The Kier molecular flexibility index (Phi) is 5.09. The Labute approximate surface area is 108 Å². The number of benzene rings is 1. The Balaban J connectivity index is 2.38. The molecule has 0 radical (unpaired) electrons. The van der Waals surface area contributed by atoms with Gasteiger partial charge >= 0.3 is 6.18 Å². The molecule has 3 nitrogen and oxygen atoms in total. The quantitative estimate of drug-likeness (QED) is 0.838. The molecule has 1 aromatic rings. The Morgan fingerprint density at radius 3 is 2.21 bits per heavy atom. The second-order valence-corrected chi connectivity index (χ2v) is 4.18. The summed E-state index contributed by atoms with van der Waals surface area (Å²) in [6.45, 7) is 0.503. The summed E-state index contributed by atoms with van der Waals surface area (Å²) in [4.78, 5) is 22.8. The summed E-state index contributed by atoms with van der Waals surface area (Å²) < 4.78 is 35.5. The summed E-state index contributed by atoms with van der Waals surface area (Å²) in [5.74, 6) is -1.04. The average Bonchev–Trinajstić information content (AvgIpc) is 2.33. The molecule has 0 aliphatic carbocycles. The number of aryl methyl sites for hydroxylation is 1. The number of carbonyl (C=O) groups excluding carboxylic acids is 2. The highest BCUT2D eigenvalue weighted by atomic mass is 19.4. The molecule has 1 amide bonds. The van der Waals surface area contributed by atoms with Crippen molar-refractivity contribution in [2.75, 3.05) is 6.54 Å². The fraction of sp³-hybridized carbons (Fsp3) is 0.385. The third-order valence-corrected chi connectivity index (χ3v) is 2.44. The summed E-state index contributed by atoms with van der Waals surface area (Å²) in [6, 6.07) is 6.78. The van der Waals surface area contributed by atoms with Crippen LogP contribution in [0.3, 0.4) is 0 Å². The lowest BCUT2D eigenvalue weighted by molar-refractivity contribution is -0.138. The maximum Gasteiger partial charge on any atom is 0.405 e. The number of rotatable bonds is 5. The van der Waals surface area contributed by atoms with Crippen LogP contribution in [-0.2, 0) is 4.79 Å².